The molecule has 0 atom stereocenters. The van der Waals surface area contributed by atoms with E-state index in [1.807, 2.05) is 12.1 Å². The highest BCUT2D eigenvalue weighted by molar-refractivity contribution is 6.23. The van der Waals surface area contributed by atoms with E-state index in [1.54, 1.807) is 0 Å². The van der Waals surface area contributed by atoms with E-state index in [0.717, 1.165) is 28.6 Å². The lowest BCUT2D eigenvalue weighted by atomic mass is 9.80. The highest BCUT2D eigenvalue weighted by Gasteiger charge is 2.36. The fourth-order valence-corrected chi connectivity index (χ4v) is 8.32. The van der Waals surface area contributed by atoms with Gasteiger partial charge in [0.1, 0.15) is 0 Å². The molecule has 0 saturated carbocycles. The van der Waals surface area contributed by atoms with Crippen molar-refractivity contribution in [1.82, 2.24) is 0 Å². The predicted molar refractivity (Wildman–Crippen MR) is 205 cm³/mol. The number of hydrogen-bond donors (Lipinski definition) is 0. The van der Waals surface area contributed by atoms with E-state index in [0.29, 0.717) is 0 Å². The van der Waals surface area contributed by atoms with Gasteiger partial charge in [-0.05, 0) is 91.7 Å². The molecule has 0 saturated heterocycles. The molecule has 0 bridgehead atoms. The van der Waals surface area contributed by atoms with Gasteiger partial charge in [0.2, 0.25) is 0 Å². The standard InChI is InChI=1S/C47H33NO/c1-47(2)39-19-9-8-16-33(39)34-26-25-32(29-40(34)47)45-35-17-6-7-18-36(35)46(37-27-24-31(28-38(37)45)30-14-4-3-5-15-30)48-41-20-10-12-22-43(41)49-44-23-13-11-21-42(44)48/h3-29H,1-2H3. The molecular formula is C47H33NO. The summed E-state index contributed by atoms with van der Waals surface area (Å²) in [6.07, 6.45) is 0. The number of anilines is 3. The smallest absolute Gasteiger partial charge is 0.151 e. The van der Waals surface area contributed by atoms with Crippen molar-refractivity contribution >= 4 is 38.6 Å². The Morgan fingerprint density at radius 2 is 1.02 bits per heavy atom. The molecule has 10 rings (SSSR count). The Morgan fingerprint density at radius 3 is 1.80 bits per heavy atom. The molecule has 0 N–H and O–H groups in total. The molecule has 49 heavy (non-hydrogen) atoms. The molecule has 1 aliphatic carbocycles. The van der Waals surface area contributed by atoms with E-state index >= 15 is 0 Å². The predicted octanol–water partition coefficient (Wildman–Crippen LogP) is 13.2. The molecule has 0 unspecified atom stereocenters. The van der Waals surface area contributed by atoms with Crippen LogP contribution in [-0.2, 0) is 5.41 Å². The number of para-hydroxylation sites is 4. The van der Waals surface area contributed by atoms with Crippen LogP contribution in [0.25, 0.3) is 54.9 Å². The molecule has 1 heterocycles. The molecule has 0 fully saturated rings. The van der Waals surface area contributed by atoms with Gasteiger partial charge in [0.05, 0.1) is 17.1 Å². The average Bonchev–Trinajstić information content (AvgIpc) is 3.38. The van der Waals surface area contributed by atoms with E-state index in [1.165, 1.54) is 66.1 Å². The van der Waals surface area contributed by atoms with Crippen molar-refractivity contribution in [3.05, 3.63) is 175 Å². The van der Waals surface area contributed by atoms with Crippen molar-refractivity contribution in [1.29, 1.82) is 0 Å². The summed E-state index contributed by atoms with van der Waals surface area (Å²) in [5.74, 6) is 1.70. The highest BCUT2D eigenvalue weighted by atomic mass is 16.5. The Bertz CT molecular complexity index is 2570. The molecule has 8 aromatic carbocycles. The van der Waals surface area contributed by atoms with Crippen LogP contribution in [0, 0.1) is 0 Å². The lowest BCUT2D eigenvalue weighted by molar-refractivity contribution is 0.477. The van der Waals surface area contributed by atoms with Gasteiger partial charge in [0, 0.05) is 16.2 Å². The largest absolute Gasteiger partial charge is 0.453 e. The molecule has 8 aromatic rings. The zero-order valence-electron chi connectivity index (χ0n) is 27.4. The first-order valence-corrected chi connectivity index (χ1v) is 17.0. The maximum atomic E-state index is 6.47. The SMILES string of the molecule is CC1(C)c2ccccc2-c2ccc(-c3c4ccccc4c(N4c5ccccc5Oc5ccccc54)c4ccc(-c5ccccc5)cc34)cc21. The van der Waals surface area contributed by atoms with Crippen LogP contribution in [0.5, 0.6) is 11.5 Å². The van der Waals surface area contributed by atoms with E-state index in [9.17, 15) is 0 Å². The van der Waals surface area contributed by atoms with Gasteiger partial charge in [-0.3, -0.25) is 0 Å². The quantitative estimate of drug-likeness (QED) is 0.181. The van der Waals surface area contributed by atoms with E-state index in [-0.39, 0.29) is 5.41 Å². The lowest BCUT2D eigenvalue weighted by Gasteiger charge is -2.35. The molecule has 2 aliphatic rings. The minimum Gasteiger partial charge on any atom is -0.453 e. The van der Waals surface area contributed by atoms with Gasteiger partial charge in [0.25, 0.3) is 0 Å². The van der Waals surface area contributed by atoms with E-state index in [4.69, 9.17) is 4.74 Å². The number of benzene rings is 8. The van der Waals surface area contributed by atoms with Crippen LogP contribution >= 0.6 is 0 Å². The summed E-state index contributed by atoms with van der Waals surface area (Å²) in [5.41, 5.74) is 13.5. The highest BCUT2D eigenvalue weighted by Crippen LogP contribution is 2.56. The van der Waals surface area contributed by atoms with Crippen LogP contribution in [-0.4, -0.2) is 0 Å². The molecule has 0 spiro atoms. The van der Waals surface area contributed by atoms with Crippen LogP contribution in [0.2, 0.25) is 0 Å². The minimum absolute atomic E-state index is 0.0933. The third-order valence-corrected chi connectivity index (χ3v) is 10.6. The van der Waals surface area contributed by atoms with Crippen molar-refractivity contribution in [3.63, 3.8) is 0 Å². The number of hydrogen-bond acceptors (Lipinski definition) is 2. The number of fused-ring (bicyclic) bond motifs is 7. The van der Waals surface area contributed by atoms with Crippen LogP contribution < -0.4 is 9.64 Å². The molecule has 2 heteroatoms. The Labute approximate surface area is 286 Å². The molecule has 232 valence electrons. The third-order valence-electron chi connectivity index (χ3n) is 10.6. The monoisotopic (exact) mass is 627 g/mol. The normalized spacial score (nSPS) is 13.8. The summed E-state index contributed by atoms with van der Waals surface area (Å²) in [4.78, 5) is 2.41. The Hall–Kier alpha value is -6.12. The Balaban J connectivity index is 1.32. The van der Waals surface area contributed by atoms with Gasteiger partial charge in [0.15, 0.2) is 11.5 Å². The molecule has 0 amide bonds. The maximum Gasteiger partial charge on any atom is 0.151 e. The minimum atomic E-state index is -0.0933. The first kappa shape index (κ1) is 27.9. The van der Waals surface area contributed by atoms with Crippen molar-refractivity contribution in [2.45, 2.75) is 19.3 Å². The van der Waals surface area contributed by atoms with Crippen molar-refractivity contribution in [3.8, 4) is 44.9 Å². The number of rotatable bonds is 3. The van der Waals surface area contributed by atoms with Gasteiger partial charge in [-0.1, -0.05) is 141 Å². The summed E-state index contributed by atoms with van der Waals surface area (Å²) in [6.45, 7) is 4.73. The zero-order chi connectivity index (χ0) is 32.7. The third kappa shape index (κ3) is 4.07. The fourth-order valence-electron chi connectivity index (χ4n) is 8.32. The molecule has 1 aliphatic heterocycles. The van der Waals surface area contributed by atoms with Crippen LogP contribution in [0.4, 0.5) is 17.1 Å². The van der Waals surface area contributed by atoms with Gasteiger partial charge < -0.3 is 9.64 Å². The van der Waals surface area contributed by atoms with Crippen LogP contribution in [0.15, 0.2) is 164 Å². The van der Waals surface area contributed by atoms with Crippen LogP contribution in [0.3, 0.4) is 0 Å². The summed E-state index contributed by atoms with van der Waals surface area (Å²) in [5, 5.41) is 4.85. The van der Waals surface area contributed by atoms with Gasteiger partial charge >= 0.3 is 0 Å². The fraction of sp³-hybridized carbons (Fsp3) is 0.0638. The van der Waals surface area contributed by atoms with Crippen molar-refractivity contribution in [2.75, 3.05) is 4.90 Å². The molecule has 0 radical (unpaired) electrons. The van der Waals surface area contributed by atoms with E-state index < -0.39 is 0 Å². The van der Waals surface area contributed by atoms with Crippen molar-refractivity contribution < 1.29 is 4.74 Å². The Morgan fingerprint density at radius 1 is 0.429 bits per heavy atom. The second kappa shape index (κ2) is 10.4. The molecule has 2 nitrogen and oxygen atoms in total. The second-order valence-corrected chi connectivity index (χ2v) is 13.7. The first-order valence-electron chi connectivity index (χ1n) is 17.0. The van der Waals surface area contributed by atoms with Crippen LogP contribution in [0.1, 0.15) is 25.0 Å². The van der Waals surface area contributed by atoms with E-state index in [2.05, 4.69) is 170 Å². The summed E-state index contributed by atoms with van der Waals surface area (Å²) in [6, 6.07) is 59.4. The first-order chi connectivity index (χ1) is 24.1. The van der Waals surface area contributed by atoms with Crippen molar-refractivity contribution in [2.24, 2.45) is 0 Å². The second-order valence-electron chi connectivity index (χ2n) is 13.7. The average molecular weight is 628 g/mol. The van der Waals surface area contributed by atoms with Gasteiger partial charge in [-0.15, -0.1) is 0 Å². The maximum absolute atomic E-state index is 6.47. The molecule has 0 aromatic heterocycles. The number of nitrogens with zero attached hydrogens (tertiary/aromatic N) is 1. The summed E-state index contributed by atoms with van der Waals surface area (Å²) < 4.78 is 6.47. The summed E-state index contributed by atoms with van der Waals surface area (Å²) in [7, 11) is 0. The number of ether oxygens (including phenoxy) is 1. The molecular weight excluding hydrogens is 595 g/mol. The summed E-state index contributed by atoms with van der Waals surface area (Å²) >= 11 is 0. The van der Waals surface area contributed by atoms with Gasteiger partial charge in [-0.2, -0.15) is 0 Å². The lowest BCUT2D eigenvalue weighted by Crippen LogP contribution is -2.16. The Kier molecular flexibility index (Phi) is 5.95. The zero-order valence-corrected chi connectivity index (χ0v) is 27.4. The topological polar surface area (TPSA) is 12.5 Å². The van der Waals surface area contributed by atoms with Gasteiger partial charge in [-0.25, -0.2) is 0 Å².